The Bertz CT molecular complexity index is 854. The fourth-order valence-electron chi connectivity index (χ4n) is 2.52. The highest BCUT2D eigenvalue weighted by molar-refractivity contribution is 8.18. The van der Waals surface area contributed by atoms with Crippen LogP contribution in [0.25, 0.3) is 6.08 Å². The Morgan fingerprint density at radius 2 is 1.88 bits per heavy atom. The van der Waals surface area contributed by atoms with Crippen molar-refractivity contribution in [2.75, 3.05) is 0 Å². The molecule has 0 spiro atoms. The molecule has 0 saturated carbocycles. The van der Waals surface area contributed by atoms with E-state index in [-0.39, 0.29) is 17.7 Å². The van der Waals surface area contributed by atoms with Gasteiger partial charge in [0.2, 0.25) is 0 Å². The highest BCUT2D eigenvalue weighted by Gasteiger charge is 2.35. The Labute approximate surface area is 151 Å². The molecule has 0 atom stereocenters. The zero-order valence-electron chi connectivity index (χ0n) is 14.4. The first-order chi connectivity index (χ1) is 11.9. The van der Waals surface area contributed by atoms with Crippen molar-refractivity contribution in [3.05, 3.63) is 64.6 Å². The number of aryl methyl sites for hydroxylation is 1. The van der Waals surface area contributed by atoms with Crippen LogP contribution in [0.5, 0.6) is 5.75 Å². The minimum Gasteiger partial charge on any atom is -0.508 e. The average Bonchev–Trinajstić information content (AvgIpc) is 2.85. The molecule has 0 aliphatic carbocycles. The maximum absolute atomic E-state index is 12.8. The predicted octanol–water partition coefficient (Wildman–Crippen LogP) is 4.71. The summed E-state index contributed by atoms with van der Waals surface area (Å²) >= 11 is 1.36. The van der Waals surface area contributed by atoms with Gasteiger partial charge in [-0.3, -0.25) is 9.69 Å². The molecule has 0 unspecified atom stereocenters. The van der Waals surface area contributed by atoms with Gasteiger partial charge in [-0.1, -0.05) is 29.8 Å². The molecule has 1 amide bonds. The van der Waals surface area contributed by atoms with Gasteiger partial charge in [0.1, 0.15) is 5.75 Å². The summed E-state index contributed by atoms with van der Waals surface area (Å²) in [5.41, 5.74) is 2.78. The molecule has 4 nitrogen and oxygen atoms in total. The zero-order valence-corrected chi connectivity index (χ0v) is 15.2. The summed E-state index contributed by atoms with van der Waals surface area (Å²) in [6.45, 7) is 5.97. The molecule has 1 heterocycles. The van der Waals surface area contributed by atoms with Gasteiger partial charge in [-0.25, -0.2) is 4.99 Å². The molecule has 1 aliphatic heterocycles. The second-order valence-electron chi connectivity index (χ2n) is 6.20. The summed E-state index contributed by atoms with van der Waals surface area (Å²) in [5, 5.41) is 10.3. The Kier molecular flexibility index (Phi) is 4.95. The fourth-order valence-corrected chi connectivity index (χ4v) is 3.64. The minimum absolute atomic E-state index is 0.0132. The van der Waals surface area contributed by atoms with Gasteiger partial charge in [0.25, 0.3) is 5.91 Å². The summed E-state index contributed by atoms with van der Waals surface area (Å²) in [7, 11) is 0. The first kappa shape index (κ1) is 17.3. The number of hydrogen-bond acceptors (Lipinski definition) is 4. The molecule has 1 aliphatic rings. The number of carbonyl (C=O) groups is 1. The number of aromatic hydroxyl groups is 1. The predicted molar refractivity (Wildman–Crippen MR) is 104 cm³/mol. The van der Waals surface area contributed by atoms with Crippen LogP contribution >= 0.6 is 11.8 Å². The first-order valence-corrected chi connectivity index (χ1v) is 8.93. The van der Waals surface area contributed by atoms with E-state index in [1.807, 2.05) is 51.1 Å². The van der Waals surface area contributed by atoms with Crippen molar-refractivity contribution >= 4 is 34.6 Å². The molecule has 3 rings (SSSR count). The molecule has 25 heavy (non-hydrogen) atoms. The third-order valence-corrected chi connectivity index (χ3v) is 4.76. The molecular formula is C20H20N2O2S. The first-order valence-electron chi connectivity index (χ1n) is 8.11. The number of aliphatic imine (C=N–C) groups is 1. The lowest BCUT2D eigenvalue weighted by Crippen LogP contribution is -2.35. The van der Waals surface area contributed by atoms with Gasteiger partial charge in [-0.05, 0) is 68.4 Å². The van der Waals surface area contributed by atoms with Crippen LogP contribution in [-0.4, -0.2) is 27.1 Å². The van der Waals surface area contributed by atoms with Crippen LogP contribution in [0.4, 0.5) is 5.69 Å². The molecule has 2 aromatic rings. The Hall–Kier alpha value is -2.53. The summed E-state index contributed by atoms with van der Waals surface area (Å²) in [6.07, 6.45) is 1.79. The number of hydrogen-bond donors (Lipinski definition) is 1. The Morgan fingerprint density at radius 1 is 1.16 bits per heavy atom. The SMILES string of the molecule is Cc1ccc(N=C2S/C(=C/c3cccc(O)c3)C(=O)N2C(C)C)cc1. The van der Waals surface area contributed by atoms with E-state index in [1.165, 1.54) is 17.3 Å². The van der Waals surface area contributed by atoms with Gasteiger partial charge in [-0.2, -0.15) is 0 Å². The maximum Gasteiger partial charge on any atom is 0.266 e. The lowest BCUT2D eigenvalue weighted by Gasteiger charge is -2.19. The number of benzene rings is 2. The summed E-state index contributed by atoms with van der Waals surface area (Å²) < 4.78 is 0. The molecular weight excluding hydrogens is 332 g/mol. The molecule has 0 aromatic heterocycles. The van der Waals surface area contributed by atoms with Crippen molar-refractivity contribution in [1.82, 2.24) is 4.90 Å². The smallest absolute Gasteiger partial charge is 0.266 e. The van der Waals surface area contributed by atoms with Crippen molar-refractivity contribution in [1.29, 1.82) is 0 Å². The van der Waals surface area contributed by atoms with Gasteiger partial charge < -0.3 is 5.11 Å². The van der Waals surface area contributed by atoms with Gasteiger partial charge in [0.15, 0.2) is 5.17 Å². The van der Waals surface area contributed by atoms with Crippen LogP contribution in [0.2, 0.25) is 0 Å². The molecule has 1 saturated heterocycles. The lowest BCUT2D eigenvalue weighted by atomic mass is 10.2. The third-order valence-electron chi connectivity index (χ3n) is 3.78. The van der Waals surface area contributed by atoms with E-state index in [0.29, 0.717) is 10.1 Å². The number of phenolic OH excluding ortho intramolecular Hbond substituents is 1. The second kappa shape index (κ2) is 7.15. The molecule has 1 fully saturated rings. The van der Waals surface area contributed by atoms with E-state index in [4.69, 9.17) is 0 Å². The molecule has 1 N–H and O–H groups in total. The molecule has 0 bridgehead atoms. The molecule has 0 radical (unpaired) electrons. The van der Waals surface area contributed by atoms with Crippen LogP contribution in [-0.2, 0) is 4.79 Å². The number of nitrogens with zero attached hydrogens (tertiary/aromatic N) is 2. The van der Waals surface area contributed by atoms with Crippen LogP contribution in [0.15, 0.2) is 58.4 Å². The van der Waals surface area contributed by atoms with Gasteiger partial charge in [0, 0.05) is 6.04 Å². The molecule has 5 heteroatoms. The Balaban J connectivity index is 1.96. The number of rotatable bonds is 3. The number of phenols is 1. The van der Waals surface area contributed by atoms with Crippen molar-refractivity contribution in [2.24, 2.45) is 4.99 Å². The second-order valence-corrected chi connectivity index (χ2v) is 7.21. The van der Waals surface area contributed by atoms with Crippen molar-refractivity contribution in [2.45, 2.75) is 26.8 Å². The van der Waals surface area contributed by atoms with Crippen LogP contribution < -0.4 is 0 Å². The van der Waals surface area contributed by atoms with E-state index >= 15 is 0 Å². The average molecular weight is 352 g/mol. The standard InChI is InChI=1S/C20H20N2O2S/c1-13(2)22-19(24)18(12-15-5-4-6-17(23)11-15)25-20(22)21-16-9-7-14(3)8-10-16/h4-13,23H,1-3H3/b18-12+,21-20?. The topological polar surface area (TPSA) is 52.9 Å². The normalized spacial score (nSPS) is 17.9. The number of thioether (sulfide) groups is 1. The third kappa shape index (κ3) is 3.94. The maximum atomic E-state index is 12.8. The summed E-state index contributed by atoms with van der Waals surface area (Å²) in [5.74, 6) is 0.119. The number of amidine groups is 1. The van der Waals surface area contributed by atoms with Crippen LogP contribution in [0.1, 0.15) is 25.0 Å². The van der Waals surface area contributed by atoms with E-state index in [9.17, 15) is 9.90 Å². The molecule has 128 valence electrons. The molecule has 2 aromatic carbocycles. The Morgan fingerprint density at radius 3 is 2.52 bits per heavy atom. The lowest BCUT2D eigenvalue weighted by molar-refractivity contribution is -0.123. The van der Waals surface area contributed by atoms with Gasteiger partial charge >= 0.3 is 0 Å². The quantitative estimate of drug-likeness (QED) is 0.814. The summed E-state index contributed by atoms with van der Waals surface area (Å²) in [6, 6.07) is 14.8. The van der Waals surface area contributed by atoms with Crippen LogP contribution in [0.3, 0.4) is 0 Å². The highest BCUT2D eigenvalue weighted by Crippen LogP contribution is 2.35. The van der Waals surface area contributed by atoms with E-state index in [0.717, 1.165) is 11.3 Å². The highest BCUT2D eigenvalue weighted by atomic mass is 32.2. The monoisotopic (exact) mass is 352 g/mol. The fraction of sp³-hybridized carbons (Fsp3) is 0.200. The minimum atomic E-state index is -0.0609. The number of carbonyl (C=O) groups excluding carboxylic acids is 1. The largest absolute Gasteiger partial charge is 0.508 e. The van der Waals surface area contributed by atoms with E-state index in [2.05, 4.69) is 4.99 Å². The number of amides is 1. The van der Waals surface area contributed by atoms with E-state index in [1.54, 1.807) is 29.2 Å². The van der Waals surface area contributed by atoms with Gasteiger partial charge in [0.05, 0.1) is 10.6 Å². The summed E-state index contributed by atoms with van der Waals surface area (Å²) in [4.78, 5) is 19.8. The van der Waals surface area contributed by atoms with Gasteiger partial charge in [-0.15, -0.1) is 0 Å². The van der Waals surface area contributed by atoms with Crippen LogP contribution in [0, 0.1) is 6.92 Å². The van der Waals surface area contributed by atoms with Crippen molar-refractivity contribution in [3.63, 3.8) is 0 Å². The van der Waals surface area contributed by atoms with Crippen molar-refractivity contribution in [3.8, 4) is 5.75 Å². The van der Waals surface area contributed by atoms with E-state index < -0.39 is 0 Å². The van der Waals surface area contributed by atoms with Crippen molar-refractivity contribution < 1.29 is 9.90 Å². The zero-order chi connectivity index (χ0) is 18.0.